The maximum atomic E-state index is 12.2. The van der Waals surface area contributed by atoms with E-state index in [4.69, 9.17) is 11.6 Å². The molecule has 0 saturated heterocycles. The summed E-state index contributed by atoms with van der Waals surface area (Å²) >= 11 is 5.87. The largest absolute Gasteiger partial charge is 0.405 e. The third-order valence-electron chi connectivity index (χ3n) is 3.47. The quantitative estimate of drug-likeness (QED) is 0.908. The molecule has 0 atom stereocenters. The van der Waals surface area contributed by atoms with Crippen molar-refractivity contribution in [3.05, 3.63) is 34.9 Å². The van der Waals surface area contributed by atoms with E-state index in [2.05, 4.69) is 0 Å². The number of amides is 1. The first kappa shape index (κ1) is 14.2. The molecule has 1 saturated carbocycles. The van der Waals surface area contributed by atoms with E-state index in [1.165, 1.54) is 0 Å². The van der Waals surface area contributed by atoms with Gasteiger partial charge in [0.05, 0.1) is 5.41 Å². The van der Waals surface area contributed by atoms with E-state index in [9.17, 15) is 18.0 Å². The number of benzene rings is 1. The van der Waals surface area contributed by atoms with Crippen LogP contribution in [0.1, 0.15) is 24.8 Å². The highest BCUT2D eigenvalue weighted by Gasteiger charge is 2.46. The number of carbonyl (C=O) groups excluding carboxylic acids is 1. The van der Waals surface area contributed by atoms with Crippen molar-refractivity contribution in [2.75, 3.05) is 6.54 Å². The van der Waals surface area contributed by atoms with Gasteiger partial charge in [-0.15, -0.1) is 0 Å². The Bertz CT molecular complexity index is 483. The van der Waals surface area contributed by atoms with Gasteiger partial charge in [0, 0.05) is 5.02 Å². The average molecular weight is 292 g/mol. The Hall–Kier alpha value is -1.23. The lowest BCUT2D eigenvalue weighted by molar-refractivity contribution is -0.144. The fourth-order valence-electron chi connectivity index (χ4n) is 2.31. The maximum absolute atomic E-state index is 12.2. The molecule has 0 aromatic heterocycles. The van der Waals surface area contributed by atoms with Crippen LogP contribution in [0.15, 0.2) is 24.3 Å². The number of hydrogen-bond donors (Lipinski definition) is 1. The second-order valence-corrected chi connectivity index (χ2v) is 5.18. The van der Waals surface area contributed by atoms with Gasteiger partial charge in [0.15, 0.2) is 0 Å². The van der Waals surface area contributed by atoms with Gasteiger partial charge in [-0.05, 0) is 30.5 Å². The SMILES string of the molecule is O=C(NCC(F)(F)F)C1(c2cccc(Cl)c2)CCC1. The highest BCUT2D eigenvalue weighted by molar-refractivity contribution is 6.30. The van der Waals surface area contributed by atoms with Crippen LogP contribution in [0.4, 0.5) is 13.2 Å². The van der Waals surface area contributed by atoms with E-state index in [1.54, 1.807) is 24.3 Å². The standard InChI is InChI=1S/C13H13ClF3NO/c14-10-4-1-3-9(7-10)12(5-2-6-12)11(19)18-8-13(15,16)17/h1,3-4,7H,2,5-6,8H2,(H,18,19). The van der Waals surface area contributed by atoms with Gasteiger partial charge in [-0.1, -0.05) is 30.2 Å². The fourth-order valence-corrected chi connectivity index (χ4v) is 2.50. The smallest absolute Gasteiger partial charge is 0.346 e. The van der Waals surface area contributed by atoms with Crippen LogP contribution in [0.5, 0.6) is 0 Å². The van der Waals surface area contributed by atoms with Crippen LogP contribution >= 0.6 is 11.6 Å². The molecule has 104 valence electrons. The minimum atomic E-state index is -4.39. The highest BCUT2D eigenvalue weighted by Crippen LogP contribution is 2.44. The van der Waals surface area contributed by atoms with Crippen LogP contribution in [0.25, 0.3) is 0 Å². The number of carbonyl (C=O) groups is 1. The summed E-state index contributed by atoms with van der Waals surface area (Å²) in [7, 11) is 0. The Kier molecular flexibility index (Phi) is 3.76. The Balaban J connectivity index is 2.16. The lowest BCUT2D eigenvalue weighted by atomic mass is 9.64. The van der Waals surface area contributed by atoms with Gasteiger partial charge in [0.2, 0.25) is 5.91 Å². The van der Waals surface area contributed by atoms with Crippen molar-refractivity contribution in [2.45, 2.75) is 30.9 Å². The normalized spacial score (nSPS) is 17.7. The summed E-state index contributed by atoms with van der Waals surface area (Å²) in [4.78, 5) is 12.1. The summed E-state index contributed by atoms with van der Waals surface area (Å²) in [6, 6.07) is 6.76. The molecule has 0 bridgehead atoms. The first-order valence-corrected chi connectivity index (χ1v) is 6.32. The van der Waals surface area contributed by atoms with Crippen molar-refractivity contribution in [3.63, 3.8) is 0 Å². The van der Waals surface area contributed by atoms with Crippen molar-refractivity contribution >= 4 is 17.5 Å². The Labute approximate surface area is 113 Å². The molecule has 0 radical (unpaired) electrons. The van der Waals surface area contributed by atoms with Gasteiger partial charge >= 0.3 is 6.18 Å². The molecule has 19 heavy (non-hydrogen) atoms. The van der Waals surface area contributed by atoms with Crippen LogP contribution in [0, 0.1) is 0 Å². The van der Waals surface area contributed by atoms with E-state index in [-0.39, 0.29) is 0 Å². The summed E-state index contributed by atoms with van der Waals surface area (Å²) in [5.74, 6) is -0.571. The van der Waals surface area contributed by atoms with Crippen LogP contribution < -0.4 is 5.32 Å². The highest BCUT2D eigenvalue weighted by atomic mass is 35.5. The van der Waals surface area contributed by atoms with E-state index in [1.807, 2.05) is 5.32 Å². The van der Waals surface area contributed by atoms with Gasteiger partial charge in [0.1, 0.15) is 6.54 Å². The molecule has 1 aliphatic carbocycles. The molecule has 6 heteroatoms. The molecule has 1 amide bonds. The van der Waals surface area contributed by atoms with Crippen LogP contribution in [-0.2, 0) is 10.2 Å². The zero-order valence-electron chi connectivity index (χ0n) is 10.1. The summed E-state index contributed by atoms with van der Waals surface area (Å²) in [6.07, 6.45) is -2.46. The molecule has 0 aliphatic heterocycles. The van der Waals surface area contributed by atoms with Crippen molar-refractivity contribution in [1.29, 1.82) is 0 Å². The molecule has 1 N–H and O–H groups in total. The van der Waals surface area contributed by atoms with Gasteiger partial charge in [0.25, 0.3) is 0 Å². The van der Waals surface area contributed by atoms with Gasteiger partial charge in [-0.25, -0.2) is 0 Å². The number of rotatable bonds is 3. The van der Waals surface area contributed by atoms with E-state index in [0.717, 1.165) is 6.42 Å². The molecular weight excluding hydrogens is 279 g/mol. The van der Waals surface area contributed by atoms with Crippen LogP contribution in [-0.4, -0.2) is 18.6 Å². The zero-order chi connectivity index (χ0) is 14.1. The summed E-state index contributed by atoms with van der Waals surface area (Å²) in [5, 5.41) is 2.46. The molecule has 2 nitrogen and oxygen atoms in total. The van der Waals surface area contributed by atoms with Gasteiger partial charge in [-0.2, -0.15) is 13.2 Å². The summed E-state index contributed by atoms with van der Waals surface area (Å²) in [6.45, 7) is -1.30. The van der Waals surface area contributed by atoms with E-state index in [0.29, 0.717) is 23.4 Å². The lowest BCUT2D eigenvalue weighted by Gasteiger charge is -2.40. The number of nitrogens with one attached hydrogen (secondary N) is 1. The van der Waals surface area contributed by atoms with Crippen LogP contribution in [0.2, 0.25) is 5.02 Å². The topological polar surface area (TPSA) is 29.1 Å². The lowest BCUT2D eigenvalue weighted by Crippen LogP contribution is -2.51. The second-order valence-electron chi connectivity index (χ2n) is 4.74. The maximum Gasteiger partial charge on any atom is 0.405 e. The van der Waals surface area contributed by atoms with Crippen molar-refractivity contribution in [1.82, 2.24) is 5.32 Å². The molecular formula is C13H13ClF3NO. The van der Waals surface area contributed by atoms with Crippen molar-refractivity contribution < 1.29 is 18.0 Å². The first-order chi connectivity index (χ1) is 8.83. The van der Waals surface area contributed by atoms with Gasteiger partial charge in [-0.3, -0.25) is 4.79 Å². The predicted molar refractivity (Wildman–Crippen MR) is 66.0 cm³/mol. The Morgan fingerprint density at radius 1 is 1.37 bits per heavy atom. The minimum absolute atomic E-state index is 0.479. The van der Waals surface area contributed by atoms with Crippen LogP contribution in [0.3, 0.4) is 0 Å². The molecule has 0 unspecified atom stereocenters. The number of halogens is 4. The molecule has 1 aromatic rings. The summed E-state index contributed by atoms with van der Waals surface area (Å²) < 4.78 is 36.5. The molecule has 0 spiro atoms. The second kappa shape index (κ2) is 5.04. The molecule has 1 aliphatic rings. The third kappa shape index (κ3) is 3.03. The first-order valence-electron chi connectivity index (χ1n) is 5.95. The molecule has 0 heterocycles. The van der Waals surface area contributed by atoms with E-state index < -0.39 is 24.0 Å². The molecule has 1 fully saturated rings. The number of hydrogen-bond acceptors (Lipinski definition) is 1. The average Bonchev–Trinajstić information content (AvgIpc) is 2.24. The third-order valence-corrected chi connectivity index (χ3v) is 3.70. The van der Waals surface area contributed by atoms with Crippen molar-refractivity contribution in [2.24, 2.45) is 0 Å². The van der Waals surface area contributed by atoms with Crippen molar-refractivity contribution in [3.8, 4) is 0 Å². The fraction of sp³-hybridized carbons (Fsp3) is 0.462. The van der Waals surface area contributed by atoms with E-state index >= 15 is 0 Å². The molecule has 1 aromatic carbocycles. The Morgan fingerprint density at radius 2 is 2.05 bits per heavy atom. The Morgan fingerprint density at radius 3 is 2.53 bits per heavy atom. The predicted octanol–water partition coefficient (Wildman–Crippen LogP) is 3.44. The van der Waals surface area contributed by atoms with Gasteiger partial charge < -0.3 is 5.32 Å². The zero-order valence-corrected chi connectivity index (χ0v) is 10.8. The molecule has 2 rings (SSSR count). The summed E-state index contributed by atoms with van der Waals surface area (Å²) in [5.41, 5.74) is -0.165. The number of alkyl halides is 3. The minimum Gasteiger partial charge on any atom is -0.346 e. The monoisotopic (exact) mass is 291 g/mol.